The molecule has 1 unspecified atom stereocenters. The summed E-state index contributed by atoms with van der Waals surface area (Å²) >= 11 is 0. The maximum absolute atomic E-state index is 12.4. The van der Waals surface area contributed by atoms with Crippen molar-refractivity contribution in [1.29, 1.82) is 0 Å². The number of hydrogen-bond acceptors (Lipinski definition) is 2. The number of likely N-dealkylation sites (tertiary alicyclic amines) is 1. The van der Waals surface area contributed by atoms with Gasteiger partial charge in [0.25, 0.3) is 0 Å². The highest BCUT2D eigenvalue weighted by atomic mass is 16.4. The van der Waals surface area contributed by atoms with E-state index in [2.05, 4.69) is 17.4 Å². The van der Waals surface area contributed by atoms with Crippen molar-refractivity contribution >= 4 is 12.0 Å². The van der Waals surface area contributed by atoms with Gasteiger partial charge in [-0.25, -0.2) is 9.59 Å². The molecule has 1 aliphatic heterocycles. The molecular formula is C16H20N2O3. The molecule has 1 aliphatic carbocycles. The highest BCUT2D eigenvalue weighted by Gasteiger charge is 2.33. The van der Waals surface area contributed by atoms with Crippen LogP contribution < -0.4 is 5.32 Å². The van der Waals surface area contributed by atoms with Crippen LogP contribution in [0.3, 0.4) is 0 Å². The number of rotatable bonds is 2. The van der Waals surface area contributed by atoms with Gasteiger partial charge in [0.15, 0.2) is 0 Å². The second-order valence-corrected chi connectivity index (χ2v) is 5.87. The average Bonchev–Trinajstić information content (AvgIpc) is 2.89. The van der Waals surface area contributed by atoms with E-state index in [1.165, 1.54) is 16.0 Å². The number of benzene rings is 1. The van der Waals surface area contributed by atoms with Gasteiger partial charge in [-0.2, -0.15) is 0 Å². The number of carbonyl (C=O) groups excluding carboxylic acids is 1. The molecule has 0 bridgehead atoms. The third kappa shape index (κ3) is 2.86. The molecule has 1 heterocycles. The molecule has 112 valence electrons. The molecule has 1 aromatic rings. The second-order valence-electron chi connectivity index (χ2n) is 5.87. The maximum Gasteiger partial charge on any atom is 0.326 e. The third-order valence-corrected chi connectivity index (χ3v) is 4.43. The van der Waals surface area contributed by atoms with Gasteiger partial charge in [0, 0.05) is 12.6 Å². The van der Waals surface area contributed by atoms with Gasteiger partial charge in [0.05, 0.1) is 0 Å². The fourth-order valence-electron chi connectivity index (χ4n) is 3.35. The van der Waals surface area contributed by atoms with Gasteiger partial charge in [0.1, 0.15) is 6.04 Å². The molecule has 0 aromatic heterocycles. The van der Waals surface area contributed by atoms with Crippen LogP contribution in [-0.4, -0.2) is 40.6 Å². The molecule has 1 saturated heterocycles. The Morgan fingerprint density at radius 2 is 1.81 bits per heavy atom. The number of nitrogens with one attached hydrogen (secondary N) is 1. The standard InChI is InChI=1S/C16H20N2O3/c19-15(20)14-7-3-4-8-18(14)16(21)17-13-9-11-5-1-2-6-12(11)10-13/h1-2,5-6,13-14H,3-4,7-10H2,(H,17,21)(H,19,20). The predicted molar refractivity (Wildman–Crippen MR) is 78.2 cm³/mol. The van der Waals surface area contributed by atoms with Gasteiger partial charge < -0.3 is 15.3 Å². The monoisotopic (exact) mass is 288 g/mol. The molecule has 0 saturated carbocycles. The zero-order chi connectivity index (χ0) is 14.8. The number of carbonyl (C=O) groups is 2. The van der Waals surface area contributed by atoms with Gasteiger partial charge in [-0.05, 0) is 43.2 Å². The molecule has 21 heavy (non-hydrogen) atoms. The molecular weight excluding hydrogens is 268 g/mol. The number of carboxylic acids is 1. The number of amides is 2. The summed E-state index contributed by atoms with van der Waals surface area (Å²) in [6.07, 6.45) is 3.95. The molecule has 0 spiro atoms. The maximum atomic E-state index is 12.4. The van der Waals surface area contributed by atoms with E-state index in [0.29, 0.717) is 13.0 Å². The van der Waals surface area contributed by atoms with Gasteiger partial charge in [-0.3, -0.25) is 0 Å². The van der Waals surface area contributed by atoms with E-state index in [1.807, 2.05) is 12.1 Å². The molecule has 1 atom stereocenters. The average molecular weight is 288 g/mol. The molecule has 1 fully saturated rings. The van der Waals surface area contributed by atoms with Crippen LogP contribution in [0.2, 0.25) is 0 Å². The van der Waals surface area contributed by atoms with E-state index in [-0.39, 0.29) is 12.1 Å². The smallest absolute Gasteiger partial charge is 0.326 e. The Morgan fingerprint density at radius 3 is 2.43 bits per heavy atom. The zero-order valence-corrected chi connectivity index (χ0v) is 11.9. The predicted octanol–water partition coefficient (Wildman–Crippen LogP) is 1.80. The Morgan fingerprint density at radius 1 is 1.14 bits per heavy atom. The van der Waals surface area contributed by atoms with Crippen LogP contribution in [0.25, 0.3) is 0 Å². The fourth-order valence-corrected chi connectivity index (χ4v) is 3.35. The first-order valence-electron chi connectivity index (χ1n) is 7.52. The number of urea groups is 1. The van der Waals surface area contributed by atoms with E-state index >= 15 is 0 Å². The number of fused-ring (bicyclic) bond motifs is 1. The molecule has 2 aliphatic rings. The van der Waals surface area contributed by atoms with Crippen LogP contribution in [0.15, 0.2) is 24.3 Å². The summed E-state index contributed by atoms with van der Waals surface area (Å²) in [6.45, 7) is 0.530. The first-order valence-corrected chi connectivity index (χ1v) is 7.52. The Hall–Kier alpha value is -2.04. The third-order valence-electron chi connectivity index (χ3n) is 4.43. The molecule has 2 N–H and O–H groups in total. The summed E-state index contributed by atoms with van der Waals surface area (Å²) in [7, 11) is 0. The van der Waals surface area contributed by atoms with Crippen LogP contribution in [0.5, 0.6) is 0 Å². The Kier molecular flexibility index (Phi) is 3.82. The van der Waals surface area contributed by atoms with E-state index in [4.69, 9.17) is 0 Å². The van der Waals surface area contributed by atoms with Crippen LogP contribution in [-0.2, 0) is 17.6 Å². The minimum atomic E-state index is -0.903. The summed E-state index contributed by atoms with van der Waals surface area (Å²) in [4.78, 5) is 25.1. The van der Waals surface area contributed by atoms with Crippen LogP contribution in [0.1, 0.15) is 30.4 Å². The summed E-state index contributed by atoms with van der Waals surface area (Å²) in [6, 6.07) is 7.35. The van der Waals surface area contributed by atoms with Crippen molar-refractivity contribution < 1.29 is 14.7 Å². The van der Waals surface area contributed by atoms with Crippen molar-refractivity contribution in [3.63, 3.8) is 0 Å². The summed E-state index contributed by atoms with van der Waals surface area (Å²) in [5, 5.41) is 12.2. The quantitative estimate of drug-likeness (QED) is 0.872. The lowest BCUT2D eigenvalue weighted by atomic mass is 10.0. The first-order chi connectivity index (χ1) is 10.1. The summed E-state index contributed by atoms with van der Waals surface area (Å²) < 4.78 is 0. The minimum absolute atomic E-state index is 0.0753. The van der Waals surface area contributed by atoms with Crippen molar-refractivity contribution in [2.24, 2.45) is 0 Å². The lowest BCUT2D eigenvalue weighted by molar-refractivity contribution is -0.143. The lowest BCUT2D eigenvalue weighted by Crippen LogP contribution is -2.54. The first kappa shape index (κ1) is 13.9. The van der Waals surface area contributed by atoms with Gasteiger partial charge in [0.2, 0.25) is 0 Å². The van der Waals surface area contributed by atoms with Gasteiger partial charge in [-0.1, -0.05) is 24.3 Å². The Labute approximate surface area is 123 Å². The molecule has 3 rings (SSSR count). The number of aliphatic carboxylic acids is 1. The Bertz CT molecular complexity index is 533. The van der Waals surface area contributed by atoms with E-state index < -0.39 is 12.0 Å². The fraction of sp³-hybridized carbons (Fsp3) is 0.500. The van der Waals surface area contributed by atoms with Crippen LogP contribution in [0, 0.1) is 0 Å². The van der Waals surface area contributed by atoms with Crippen molar-refractivity contribution in [2.75, 3.05) is 6.54 Å². The van der Waals surface area contributed by atoms with Gasteiger partial charge >= 0.3 is 12.0 Å². The lowest BCUT2D eigenvalue weighted by Gasteiger charge is -2.33. The van der Waals surface area contributed by atoms with Gasteiger partial charge in [-0.15, -0.1) is 0 Å². The highest BCUT2D eigenvalue weighted by Crippen LogP contribution is 2.23. The normalized spacial score (nSPS) is 21.9. The number of hydrogen-bond donors (Lipinski definition) is 2. The molecule has 1 aromatic carbocycles. The SMILES string of the molecule is O=C(O)C1CCCCN1C(=O)NC1Cc2ccccc2C1. The molecule has 2 amide bonds. The molecule has 5 heteroatoms. The number of carboxylic acid groups (broad SMARTS) is 1. The van der Waals surface area contributed by atoms with E-state index in [0.717, 1.165) is 25.7 Å². The van der Waals surface area contributed by atoms with Crippen molar-refractivity contribution in [2.45, 2.75) is 44.2 Å². The van der Waals surface area contributed by atoms with Crippen LogP contribution in [0.4, 0.5) is 4.79 Å². The highest BCUT2D eigenvalue weighted by molar-refractivity contribution is 5.83. The Balaban J connectivity index is 1.63. The van der Waals surface area contributed by atoms with E-state index in [9.17, 15) is 14.7 Å². The molecule has 5 nitrogen and oxygen atoms in total. The molecule has 0 radical (unpaired) electrons. The zero-order valence-electron chi connectivity index (χ0n) is 11.9. The topological polar surface area (TPSA) is 69.6 Å². The van der Waals surface area contributed by atoms with Crippen molar-refractivity contribution in [1.82, 2.24) is 10.2 Å². The number of piperidine rings is 1. The van der Waals surface area contributed by atoms with Crippen LogP contribution >= 0.6 is 0 Å². The minimum Gasteiger partial charge on any atom is -0.480 e. The van der Waals surface area contributed by atoms with Crippen molar-refractivity contribution in [3.05, 3.63) is 35.4 Å². The van der Waals surface area contributed by atoms with Crippen molar-refractivity contribution in [3.8, 4) is 0 Å². The second kappa shape index (κ2) is 5.76. The van der Waals surface area contributed by atoms with E-state index in [1.54, 1.807) is 0 Å². The summed E-state index contributed by atoms with van der Waals surface area (Å²) in [5.41, 5.74) is 2.55. The number of nitrogens with zero attached hydrogens (tertiary/aromatic N) is 1. The summed E-state index contributed by atoms with van der Waals surface area (Å²) in [5.74, 6) is -0.903. The largest absolute Gasteiger partial charge is 0.480 e.